The first kappa shape index (κ1) is 12.7. The minimum Gasteiger partial charge on any atom is -0.467 e. The van der Waals surface area contributed by atoms with Crippen LogP contribution in [-0.4, -0.2) is 5.88 Å². The Morgan fingerprint density at radius 1 is 1.62 bits per heavy atom. The smallest absolute Gasteiger partial charge is 0.129 e. The van der Waals surface area contributed by atoms with Gasteiger partial charge in [0.2, 0.25) is 0 Å². The number of halogens is 3. The van der Waals surface area contributed by atoms with Gasteiger partial charge in [-0.1, -0.05) is 6.58 Å². The Balaban J connectivity index is 4.47. The van der Waals surface area contributed by atoms with Gasteiger partial charge in [0.1, 0.15) is 11.6 Å². The van der Waals surface area contributed by atoms with Crippen molar-refractivity contribution < 1.29 is 9.13 Å². The molecule has 0 heterocycles. The van der Waals surface area contributed by atoms with Crippen LogP contribution in [0.25, 0.3) is 0 Å². The van der Waals surface area contributed by atoms with Crippen molar-refractivity contribution >= 4 is 27.5 Å². The molecule has 74 valence electrons. The van der Waals surface area contributed by atoms with Crippen LogP contribution < -0.4 is 0 Å². The number of hydrogen-bond acceptors (Lipinski definition) is 1. The van der Waals surface area contributed by atoms with E-state index in [2.05, 4.69) is 22.5 Å². The summed E-state index contributed by atoms with van der Waals surface area (Å²) in [7, 11) is 0. The van der Waals surface area contributed by atoms with Gasteiger partial charge < -0.3 is 4.74 Å². The zero-order valence-corrected chi connectivity index (χ0v) is 9.88. The molecule has 0 saturated heterocycles. The highest BCUT2D eigenvalue weighted by Gasteiger charge is 2.00. The minimum absolute atomic E-state index is 0.155. The van der Waals surface area contributed by atoms with Gasteiger partial charge in [-0.3, -0.25) is 0 Å². The third-order valence-corrected chi connectivity index (χ3v) is 1.94. The molecule has 0 aromatic rings. The van der Waals surface area contributed by atoms with E-state index < -0.39 is 5.83 Å². The maximum atomic E-state index is 12.8. The molecule has 1 nitrogen and oxygen atoms in total. The molecule has 0 amide bonds. The summed E-state index contributed by atoms with van der Waals surface area (Å²) in [5, 5.41) is 0. The highest BCUT2D eigenvalue weighted by atomic mass is 79.9. The lowest BCUT2D eigenvalue weighted by atomic mass is 10.4. The Kier molecular flexibility index (Phi) is 6.08. The molecule has 0 fully saturated rings. The third-order valence-electron chi connectivity index (χ3n) is 1.04. The molecule has 4 heteroatoms. The molecule has 0 rings (SSSR count). The first-order valence-electron chi connectivity index (χ1n) is 3.59. The SMILES string of the molecule is C=C(C)O/C(C)=C/C(Br)=C(/F)CCl. The number of ether oxygens (including phenoxy) is 1. The lowest BCUT2D eigenvalue weighted by Crippen LogP contribution is -1.85. The lowest BCUT2D eigenvalue weighted by molar-refractivity contribution is 0.311. The van der Waals surface area contributed by atoms with Crippen LogP contribution in [0.5, 0.6) is 0 Å². The van der Waals surface area contributed by atoms with E-state index in [0.29, 0.717) is 16.0 Å². The van der Waals surface area contributed by atoms with E-state index in [1.165, 1.54) is 6.08 Å². The zero-order valence-electron chi connectivity index (χ0n) is 7.53. The maximum absolute atomic E-state index is 12.8. The summed E-state index contributed by atoms with van der Waals surface area (Å²) in [6.07, 6.45) is 1.51. The Labute approximate surface area is 91.0 Å². The Morgan fingerprint density at radius 3 is 2.54 bits per heavy atom. The van der Waals surface area contributed by atoms with Crippen LogP contribution in [0.3, 0.4) is 0 Å². The van der Waals surface area contributed by atoms with Crippen LogP contribution in [0.2, 0.25) is 0 Å². The molecule has 0 aliphatic rings. The van der Waals surface area contributed by atoms with Crippen molar-refractivity contribution in [3.05, 3.63) is 34.5 Å². The van der Waals surface area contributed by atoms with Crippen LogP contribution in [0.4, 0.5) is 4.39 Å². The molecule has 0 saturated carbocycles. The number of rotatable bonds is 4. The van der Waals surface area contributed by atoms with E-state index in [-0.39, 0.29) is 5.88 Å². The van der Waals surface area contributed by atoms with Gasteiger partial charge in [-0.2, -0.15) is 0 Å². The molecule has 0 bridgehead atoms. The molecule has 0 aromatic carbocycles. The second-order valence-corrected chi connectivity index (χ2v) is 3.57. The monoisotopic (exact) mass is 268 g/mol. The maximum Gasteiger partial charge on any atom is 0.129 e. The molecule has 0 atom stereocenters. The van der Waals surface area contributed by atoms with Gasteiger partial charge in [0.25, 0.3) is 0 Å². The van der Waals surface area contributed by atoms with Crippen LogP contribution in [0.15, 0.2) is 34.5 Å². The minimum atomic E-state index is -0.425. The summed E-state index contributed by atoms with van der Waals surface area (Å²) >= 11 is 8.31. The fraction of sp³-hybridized carbons (Fsp3) is 0.333. The van der Waals surface area contributed by atoms with Crippen LogP contribution in [0.1, 0.15) is 13.8 Å². The average molecular weight is 270 g/mol. The summed E-state index contributed by atoms with van der Waals surface area (Å²) in [6, 6.07) is 0. The molecule has 0 N–H and O–H groups in total. The average Bonchev–Trinajstić information content (AvgIpc) is 2.01. The highest BCUT2D eigenvalue weighted by Crippen LogP contribution is 2.19. The van der Waals surface area contributed by atoms with E-state index in [1.807, 2.05) is 0 Å². The zero-order chi connectivity index (χ0) is 10.4. The fourth-order valence-corrected chi connectivity index (χ4v) is 1.39. The summed E-state index contributed by atoms with van der Waals surface area (Å²) in [4.78, 5) is 0. The van der Waals surface area contributed by atoms with Gasteiger partial charge in [0, 0.05) is 0 Å². The van der Waals surface area contributed by atoms with Crippen LogP contribution >= 0.6 is 27.5 Å². The summed E-state index contributed by atoms with van der Waals surface area (Å²) in [6.45, 7) is 6.97. The summed E-state index contributed by atoms with van der Waals surface area (Å²) in [5.41, 5.74) is 0. The van der Waals surface area contributed by atoms with E-state index >= 15 is 0 Å². The van der Waals surface area contributed by atoms with Crippen molar-refractivity contribution in [2.75, 3.05) is 5.88 Å². The first-order valence-corrected chi connectivity index (χ1v) is 4.92. The topological polar surface area (TPSA) is 9.23 Å². The molecular weight excluding hydrogens is 258 g/mol. The Hall–Kier alpha value is -0.280. The molecule has 0 aliphatic heterocycles. The molecule has 0 spiro atoms. The van der Waals surface area contributed by atoms with E-state index in [4.69, 9.17) is 16.3 Å². The Morgan fingerprint density at radius 2 is 2.15 bits per heavy atom. The van der Waals surface area contributed by atoms with Gasteiger partial charge in [-0.15, -0.1) is 11.6 Å². The van der Waals surface area contributed by atoms with Crippen molar-refractivity contribution in [2.24, 2.45) is 0 Å². The molecule has 13 heavy (non-hydrogen) atoms. The second-order valence-electron chi connectivity index (χ2n) is 2.45. The predicted octanol–water partition coefficient (Wildman–Crippen LogP) is 4.26. The molecule has 0 aromatic heterocycles. The van der Waals surface area contributed by atoms with Gasteiger partial charge in [0.05, 0.1) is 16.1 Å². The lowest BCUT2D eigenvalue weighted by Gasteiger charge is -2.03. The Bertz CT molecular complexity index is 258. The third kappa shape index (κ3) is 5.88. The molecular formula is C9H11BrClFO. The first-order chi connectivity index (χ1) is 5.97. The normalized spacial score (nSPS) is 13.8. The van der Waals surface area contributed by atoms with Crippen LogP contribution in [0, 0.1) is 0 Å². The standard InChI is InChI=1S/C9H11BrClFO/c1-6(2)13-7(3)4-8(10)9(12)5-11/h4H,1,5H2,2-3H3/b7-4+,9-8-. The predicted molar refractivity (Wildman–Crippen MR) is 57.4 cm³/mol. The molecule has 0 unspecified atom stereocenters. The second kappa shape index (κ2) is 6.22. The van der Waals surface area contributed by atoms with Gasteiger partial charge in [0.15, 0.2) is 0 Å². The molecule has 0 aliphatic carbocycles. The molecule has 0 radical (unpaired) electrons. The van der Waals surface area contributed by atoms with Crippen molar-refractivity contribution in [3.8, 4) is 0 Å². The van der Waals surface area contributed by atoms with Gasteiger partial charge in [-0.05, 0) is 35.9 Å². The van der Waals surface area contributed by atoms with Crippen molar-refractivity contribution in [2.45, 2.75) is 13.8 Å². The van der Waals surface area contributed by atoms with Crippen molar-refractivity contribution in [3.63, 3.8) is 0 Å². The van der Waals surface area contributed by atoms with E-state index in [1.54, 1.807) is 13.8 Å². The van der Waals surface area contributed by atoms with Gasteiger partial charge in [-0.25, -0.2) is 4.39 Å². The number of hydrogen-bond donors (Lipinski definition) is 0. The van der Waals surface area contributed by atoms with Crippen molar-refractivity contribution in [1.82, 2.24) is 0 Å². The number of alkyl halides is 1. The van der Waals surface area contributed by atoms with Gasteiger partial charge >= 0.3 is 0 Å². The fourth-order valence-electron chi connectivity index (χ4n) is 0.625. The van der Waals surface area contributed by atoms with Crippen LogP contribution in [-0.2, 0) is 4.74 Å². The number of allylic oxidation sites excluding steroid dienone is 5. The van der Waals surface area contributed by atoms with Crippen molar-refractivity contribution in [1.29, 1.82) is 0 Å². The largest absolute Gasteiger partial charge is 0.467 e. The summed E-state index contributed by atoms with van der Waals surface area (Å²) < 4.78 is 18.2. The van der Waals surface area contributed by atoms with E-state index in [9.17, 15) is 4.39 Å². The summed E-state index contributed by atoms with van der Waals surface area (Å²) in [5.74, 6) is 0.531. The van der Waals surface area contributed by atoms with E-state index in [0.717, 1.165) is 0 Å². The quantitative estimate of drug-likeness (QED) is 0.421. The highest BCUT2D eigenvalue weighted by molar-refractivity contribution is 9.11.